The topological polar surface area (TPSA) is 37.6 Å². The summed E-state index contributed by atoms with van der Waals surface area (Å²) in [5.74, 6) is 0. The second-order valence-electron chi connectivity index (χ2n) is 7.27. The first kappa shape index (κ1) is 31.0. The van der Waals surface area contributed by atoms with Crippen molar-refractivity contribution in [1.29, 1.82) is 0 Å². The van der Waals surface area contributed by atoms with E-state index in [0.29, 0.717) is 0 Å². The smallest absolute Gasteiger partial charge is 1.00 e. The van der Waals surface area contributed by atoms with Gasteiger partial charge < -0.3 is 24.8 Å². The van der Waals surface area contributed by atoms with Crippen molar-refractivity contribution in [3.05, 3.63) is 88.2 Å². The molecule has 0 radical (unpaired) electrons. The predicted molar refractivity (Wildman–Crippen MR) is 129 cm³/mol. The van der Waals surface area contributed by atoms with E-state index in [0.717, 1.165) is 48.4 Å². The fourth-order valence-electron chi connectivity index (χ4n) is 3.64. The van der Waals surface area contributed by atoms with E-state index < -0.39 is 0 Å². The van der Waals surface area contributed by atoms with E-state index in [9.17, 15) is 0 Å². The summed E-state index contributed by atoms with van der Waals surface area (Å²) >= 11 is 0. The number of nitrogens with zero attached hydrogens (tertiary/aromatic N) is 3. The summed E-state index contributed by atoms with van der Waals surface area (Å²) < 4.78 is 0. The van der Waals surface area contributed by atoms with Crippen molar-refractivity contribution in [3.8, 4) is 0 Å². The number of aromatic nitrogens is 1. The van der Waals surface area contributed by atoms with E-state index in [1.54, 1.807) is 0 Å². The number of para-hydroxylation sites is 2. The van der Waals surface area contributed by atoms with E-state index >= 15 is 0 Å². The minimum Gasteiger partial charge on any atom is -1.00 e. The molecule has 0 bridgehead atoms. The molecule has 0 saturated heterocycles. The Morgan fingerprint density at radius 2 is 0.879 bits per heavy atom. The quantitative estimate of drug-likeness (QED) is 0.318. The maximum absolute atomic E-state index is 4.80. The number of rotatable bonds is 8. The Kier molecular flexibility index (Phi) is 14.9. The van der Waals surface area contributed by atoms with Gasteiger partial charge in [0.05, 0.1) is 35.2 Å². The summed E-state index contributed by atoms with van der Waals surface area (Å²) in [6, 6.07) is 18.8. The van der Waals surface area contributed by atoms with Crippen LogP contribution in [0.3, 0.4) is 0 Å². The Balaban J connectivity index is 0.00000341. The van der Waals surface area contributed by atoms with Crippen molar-refractivity contribution in [3.63, 3.8) is 0 Å². The zero-order valence-corrected chi connectivity index (χ0v) is 22.2. The van der Waals surface area contributed by atoms with Crippen LogP contribution in [0.1, 0.15) is 61.3 Å². The Morgan fingerprint density at radius 3 is 1.18 bits per heavy atom. The summed E-state index contributed by atoms with van der Waals surface area (Å²) in [5, 5.41) is 0. The second-order valence-corrected chi connectivity index (χ2v) is 7.27. The Morgan fingerprint density at radius 1 is 0.576 bits per heavy atom. The van der Waals surface area contributed by atoms with Gasteiger partial charge in [0.15, 0.2) is 0 Å². The number of hydrogen-bond acceptors (Lipinski definition) is 3. The van der Waals surface area contributed by atoms with Crippen LogP contribution in [0.2, 0.25) is 0 Å². The third-order valence-electron chi connectivity index (χ3n) is 5.37. The van der Waals surface area contributed by atoms with Crippen molar-refractivity contribution < 1.29 is 41.9 Å². The van der Waals surface area contributed by atoms with Crippen LogP contribution >= 0.6 is 0 Å². The molecule has 176 valence electrons. The van der Waals surface area contributed by atoms with Crippen molar-refractivity contribution in [2.45, 2.75) is 53.4 Å². The van der Waals surface area contributed by atoms with Gasteiger partial charge in [0.25, 0.3) is 0 Å². The van der Waals surface area contributed by atoms with Gasteiger partial charge in [0, 0.05) is 0 Å². The maximum Gasteiger partial charge on any atom is 2.00 e. The summed E-state index contributed by atoms with van der Waals surface area (Å²) in [6.45, 7) is 8.67. The normalized spacial score (nSPS) is 10.5. The monoisotopic (exact) mass is 523 g/mol. The molecule has 0 aliphatic rings. The van der Waals surface area contributed by atoms with Crippen LogP contribution in [0.25, 0.3) is 0 Å². The fourth-order valence-corrected chi connectivity index (χ4v) is 3.64. The van der Waals surface area contributed by atoms with Gasteiger partial charge in [-0.1, -0.05) is 70.2 Å². The zero-order chi connectivity index (χ0) is 21.3. The van der Waals surface area contributed by atoms with E-state index in [1.807, 2.05) is 30.6 Å². The molecule has 0 unspecified atom stereocenters. The Bertz CT molecular complexity index is 940. The summed E-state index contributed by atoms with van der Waals surface area (Å²) in [5.41, 5.74) is 8.91. The third-order valence-corrected chi connectivity index (χ3v) is 5.37. The second kappa shape index (κ2) is 15.8. The number of pyridine rings is 1. The molecular weight excluding hydrogens is 493 g/mol. The first-order valence-electron chi connectivity index (χ1n) is 11.0. The number of halogens is 2. The van der Waals surface area contributed by atoms with Gasteiger partial charge >= 0.3 is 17.1 Å². The van der Waals surface area contributed by atoms with Crippen molar-refractivity contribution in [2.24, 2.45) is 9.98 Å². The van der Waals surface area contributed by atoms with Crippen LogP contribution < -0.4 is 24.8 Å². The molecule has 0 N–H and O–H groups in total. The first-order valence-corrected chi connectivity index (χ1v) is 11.0. The standard InChI is InChI=1S/C27H31N3.2ClH.Fe/c1-5-20-12-9-13-21(6-2)26(20)28-18-24-16-11-17-25(30-24)19-29-27-22(7-3)14-10-15-23(27)8-4;;;/h9-19H,5-8H2,1-4H3;2*1H;/q;;;+2/p-2. The van der Waals surface area contributed by atoms with Crippen molar-refractivity contribution >= 4 is 23.8 Å². The molecule has 1 aromatic heterocycles. The third kappa shape index (κ3) is 8.08. The number of hydrogen-bond donors (Lipinski definition) is 0. The van der Waals surface area contributed by atoms with Crippen LogP contribution in [-0.4, -0.2) is 17.4 Å². The Hall–Kier alpha value is -1.97. The molecule has 2 aromatic carbocycles. The van der Waals surface area contributed by atoms with Gasteiger partial charge in [-0.25, -0.2) is 4.98 Å². The molecule has 1 heterocycles. The van der Waals surface area contributed by atoms with Crippen LogP contribution in [0.5, 0.6) is 0 Å². The molecule has 3 rings (SSSR count). The molecule has 0 atom stereocenters. The average Bonchev–Trinajstić information content (AvgIpc) is 2.80. The molecule has 3 aromatic rings. The molecule has 6 heteroatoms. The van der Waals surface area contributed by atoms with Crippen molar-refractivity contribution in [2.75, 3.05) is 0 Å². The van der Waals surface area contributed by atoms with Crippen molar-refractivity contribution in [1.82, 2.24) is 4.98 Å². The van der Waals surface area contributed by atoms with E-state index in [2.05, 4.69) is 64.1 Å². The number of aliphatic imine (C=N–C) groups is 2. The van der Waals surface area contributed by atoms with Gasteiger partial charge in [-0.3, -0.25) is 9.98 Å². The minimum atomic E-state index is 0. The van der Waals surface area contributed by atoms with E-state index in [1.165, 1.54) is 22.3 Å². The van der Waals surface area contributed by atoms with Gasteiger partial charge in [-0.2, -0.15) is 0 Å². The molecule has 3 nitrogen and oxygen atoms in total. The predicted octanol–water partition coefficient (Wildman–Crippen LogP) is 0.838. The van der Waals surface area contributed by atoms with Crippen LogP contribution in [-0.2, 0) is 42.8 Å². The molecular formula is C27H31Cl2FeN3. The van der Waals surface area contributed by atoms with E-state index in [4.69, 9.17) is 15.0 Å². The molecule has 0 aliphatic carbocycles. The van der Waals surface area contributed by atoms with Crippen LogP contribution in [0.15, 0.2) is 64.6 Å². The van der Waals surface area contributed by atoms with E-state index in [-0.39, 0.29) is 41.9 Å². The zero-order valence-electron chi connectivity index (χ0n) is 19.6. The molecule has 0 fully saturated rings. The SMILES string of the molecule is CCc1cccc(CC)c1N=Cc1cccc(C=Nc2c(CC)cccc2CC)n1.[Cl-].[Cl-].[Fe+2]. The number of aryl methyl sites for hydroxylation is 4. The summed E-state index contributed by atoms with van der Waals surface area (Å²) in [4.78, 5) is 14.3. The maximum atomic E-state index is 4.80. The molecule has 0 spiro atoms. The van der Waals surface area contributed by atoms with Gasteiger partial charge in [-0.15, -0.1) is 0 Å². The molecule has 0 saturated carbocycles. The summed E-state index contributed by atoms with van der Waals surface area (Å²) in [6.07, 6.45) is 7.61. The van der Waals surface area contributed by atoms with Gasteiger partial charge in [0.2, 0.25) is 0 Å². The molecule has 0 aliphatic heterocycles. The largest absolute Gasteiger partial charge is 2.00 e. The van der Waals surface area contributed by atoms with Crippen LogP contribution in [0.4, 0.5) is 11.4 Å². The van der Waals surface area contributed by atoms with Crippen LogP contribution in [0, 0.1) is 0 Å². The number of benzene rings is 2. The summed E-state index contributed by atoms with van der Waals surface area (Å²) in [7, 11) is 0. The average molecular weight is 524 g/mol. The first-order chi connectivity index (χ1) is 14.7. The molecule has 33 heavy (non-hydrogen) atoms. The molecule has 0 amide bonds. The Labute approximate surface area is 221 Å². The van der Waals surface area contributed by atoms with Gasteiger partial charge in [-0.05, 0) is 60.1 Å². The van der Waals surface area contributed by atoms with Gasteiger partial charge in [0.1, 0.15) is 0 Å². The fraction of sp³-hybridized carbons (Fsp3) is 0.296. The minimum absolute atomic E-state index is 0.